The van der Waals surface area contributed by atoms with Crippen LogP contribution in [0, 0.1) is 12.7 Å². The molecule has 0 aliphatic carbocycles. The molecule has 1 N–H and O–H groups in total. The molecule has 1 heterocycles. The lowest BCUT2D eigenvalue weighted by Crippen LogP contribution is -2.24. The van der Waals surface area contributed by atoms with Crippen molar-refractivity contribution in [2.45, 2.75) is 26.3 Å². The van der Waals surface area contributed by atoms with E-state index in [2.05, 4.69) is 22.2 Å². The third kappa shape index (κ3) is 3.35. The second-order valence-corrected chi connectivity index (χ2v) is 4.53. The highest BCUT2D eigenvalue weighted by molar-refractivity contribution is 5.30. The molecular formula is C15H18FN3. The zero-order chi connectivity index (χ0) is 13.7. The van der Waals surface area contributed by atoms with Crippen molar-refractivity contribution >= 4 is 0 Å². The lowest BCUT2D eigenvalue weighted by Gasteiger charge is -2.18. The van der Waals surface area contributed by atoms with Crippen LogP contribution in [0.1, 0.15) is 36.2 Å². The van der Waals surface area contributed by atoms with Gasteiger partial charge in [0.25, 0.3) is 0 Å². The van der Waals surface area contributed by atoms with E-state index >= 15 is 0 Å². The van der Waals surface area contributed by atoms with Crippen LogP contribution in [0.25, 0.3) is 0 Å². The number of halogens is 1. The summed E-state index contributed by atoms with van der Waals surface area (Å²) in [4.78, 5) is 8.40. The molecule has 0 radical (unpaired) electrons. The summed E-state index contributed by atoms with van der Waals surface area (Å²) in [6.45, 7) is 4.70. The Morgan fingerprint density at radius 1 is 1.32 bits per heavy atom. The Kier molecular flexibility index (Phi) is 4.58. The first kappa shape index (κ1) is 13.6. The maximum Gasteiger partial charge on any atom is 0.126 e. The van der Waals surface area contributed by atoms with Crippen molar-refractivity contribution in [2.24, 2.45) is 0 Å². The molecule has 1 aromatic carbocycles. The molecule has 4 heteroatoms. The molecule has 0 spiro atoms. The number of rotatable bonds is 5. The van der Waals surface area contributed by atoms with Crippen LogP contribution < -0.4 is 5.32 Å². The minimum atomic E-state index is -0.190. The van der Waals surface area contributed by atoms with E-state index in [4.69, 9.17) is 0 Å². The van der Waals surface area contributed by atoms with Crippen LogP contribution in [0.5, 0.6) is 0 Å². The fourth-order valence-electron chi connectivity index (χ4n) is 1.93. The summed E-state index contributed by atoms with van der Waals surface area (Å²) in [5, 5.41) is 3.38. The molecule has 0 fully saturated rings. The van der Waals surface area contributed by atoms with Gasteiger partial charge in [-0.3, -0.25) is 9.97 Å². The summed E-state index contributed by atoms with van der Waals surface area (Å²) >= 11 is 0. The lowest BCUT2D eigenvalue weighted by atomic mass is 10.0. The Balaban J connectivity index is 2.34. The smallest absolute Gasteiger partial charge is 0.126 e. The highest BCUT2D eigenvalue weighted by atomic mass is 19.1. The molecule has 0 bridgehead atoms. The van der Waals surface area contributed by atoms with Crippen LogP contribution in [0.4, 0.5) is 4.39 Å². The van der Waals surface area contributed by atoms with Crippen molar-refractivity contribution in [3.63, 3.8) is 0 Å². The predicted molar refractivity (Wildman–Crippen MR) is 73.3 cm³/mol. The topological polar surface area (TPSA) is 37.8 Å². The molecule has 1 unspecified atom stereocenters. The first-order valence-electron chi connectivity index (χ1n) is 6.47. The largest absolute Gasteiger partial charge is 0.305 e. The summed E-state index contributed by atoms with van der Waals surface area (Å²) in [5.41, 5.74) is 2.33. The van der Waals surface area contributed by atoms with Gasteiger partial charge < -0.3 is 5.32 Å². The molecule has 19 heavy (non-hydrogen) atoms. The highest BCUT2D eigenvalue weighted by Crippen LogP contribution is 2.21. The number of nitrogens with zero attached hydrogens (tertiary/aromatic N) is 2. The number of benzene rings is 1. The third-order valence-corrected chi connectivity index (χ3v) is 3.01. The summed E-state index contributed by atoms with van der Waals surface area (Å²) in [6, 6.07) is 5.17. The first-order valence-corrected chi connectivity index (χ1v) is 6.47. The van der Waals surface area contributed by atoms with Crippen LogP contribution in [-0.2, 0) is 0 Å². The van der Waals surface area contributed by atoms with Crippen LogP contribution in [-0.4, -0.2) is 16.5 Å². The van der Waals surface area contributed by atoms with Gasteiger partial charge in [-0.25, -0.2) is 4.39 Å². The van der Waals surface area contributed by atoms with E-state index in [1.54, 1.807) is 37.6 Å². The van der Waals surface area contributed by atoms with Gasteiger partial charge in [0.1, 0.15) is 5.82 Å². The molecule has 1 aromatic heterocycles. The Morgan fingerprint density at radius 2 is 2.16 bits per heavy atom. The molecule has 2 rings (SSSR count). The minimum Gasteiger partial charge on any atom is -0.305 e. The molecule has 0 aliphatic heterocycles. The average molecular weight is 259 g/mol. The van der Waals surface area contributed by atoms with E-state index in [-0.39, 0.29) is 11.9 Å². The first-order chi connectivity index (χ1) is 9.22. The summed E-state index contributed by atoms with van der Waals surface area (Å²) < 4.78 is 13.7. The molecule has 0 amide bonds. The second-order valence-electron chi connectivity index (χ2n) is 4.53. The van der Waals surface area contributed by atoms with E-state index in [1.165, 1.54) is 0 Å². The van der Waals surface area contributed by atoms with E-state index < -0.39 is 0 Å². The molecular weight excluding hydrogens is 241 g/mol. The van der Waals surface area contributed by atoms with Gasteiger partial charge in [0, 0.05) is 12.4 Å². The molecule has 0 saturated carbocycles. The van der Waals surface area contributed by atoms with Crippen molar-refractivity contribution in [1.29, 1.82) is 0 Å². The zero-order valence-electron chi connectivity index (χ0n) is 11.2. The standard InChI is InChI=1S/C15H18FN3/c1-3-6-19-15(14-10-17-7-8-18-14)12-5-4-11(2)13(16)9-12/h4-5,7-10,15,19H,3,6H2,1-2H3. The number of nitrogens with one attached hydrogen (secondary N) is 1. The average Bonchev–Trinajstić information content (AvgIpc) is 2.44. The van der Waals surface area contributed by atoms with Gasteiger partial charge in [-0.05, 0) is 37.1 Å². The summed E-state index contributed by atoms with van der Waals surface area (Å²) in [5.74, 6) is -0.190. The molecule has 0 aliphatic rings. The molecule has 2 aromatic rings. The number of aromatic nitrogens is 2. The van der Waals surface area contributed by atoms with Crippen molar-refractivity contribution in [3.05, 3.63) is 59.4 Å². The monoisotopic (exact) mass is 259 g/mol. The Labute approximate surface area is 112 Å². The molecule has 3 nitrogen and oxygen atoms in total. The van der Waals surface area contributed by atoms with Crippen LogP contribution in [0.2, 0.25) is 0 Å². The van der Waals surface area contributed by atoms with Gasteiger partial charge in [0.15, 0.2) is 0 Å². The zero-order valence-corrected chi connectivity index (χ0v) is 11.2. The Hall–Kier alpha value is -1.81. The van der Waals surface area contributed by atoms with E-state index in [9.17, 15) is 4.39 Å². The van der Waals surface area contributed by atoms with Crippen molar-refractivity contribution < 1.29 is 4.39 Å². The van der Waals surface area contributed by atoms with E-state index in [0.29, 0.717) is 5.56 Å². The van der Waals surface area contributed by atoms with Gasteiger partial charge in [-0.15, -0.1) is 0 Å². The van der Waals surface area contributed by atoms with Crippen LogP contribution in [0.15, 0.2) is 36.8 Å². The van der Waals surface area contributed by atoms with Gasteiger partial charge in [0.2, 0.25) is 0 Å². The molecule has 0 saturated heterocycles. The number of hydrogen-bond donors (Lipinski definition) is 1. The van der Waals surface area contributed by atoms with E-state index in [0.717, 1.165) is 24.2 Å². The van der Waals surface area contributed by atoms with Crippen LogP contribution in [0.3, 0.4) is 0 Å². The van der Waals surface area contributed by atoms with Crippen molar-refractivity contribution in [2.75, 3.05) is 6.54 Å². The number of hydrogen-bond acceptors (Lipinski definition) is 3. The maximum absolute atomic E-state index is 13.7. The number of aryl methyl sites for hydroxylation is 1. The van der Waals surface area contributed by atoms with E-state index in [1.807, 2.05) is 6.07 Å². The fourth-order valence-corrected chi connectivity index (χ4v) is 1.93. The third-order valence-electron chi connectivity index (χ3n) is 3.01. The quantitative estimate of drug-likeness (QED) is 0.897. The van der Waals surface area contributed by atoms with Crippen LogP contribution >= 0.6 is 0 Å². The lowest BCUT2D eigenvalue weighted by molar-refractivity contribution is 0.572. The Morgan fingerprint density at radius 3 is 2.79 bits per heavy atom. The predicted octanol–water partition coefficient (Wildman–Crippen LogP) is 3.01. The van der Waals surface area contributed by atoms with Crippen molar-refractivity contribution in [1.82, 2.24) is 15.3 Å². The van der Waals surface area contributed by atoms with Gasteiger partial charge >= 0.3 is 0 Å². The normalized spacial score (nSPS) is 12.4. The van der Waals surface area contributed by atoms with Gasteiger partial charge in [-0.1, -0.05) is 19.1 Å². The summed E-state index contributed by atoms with van der Waals surface area (Å²) in [7, 11) is 0. The SMILES string of the molecule is CCCNC(c1ccc(C)c(F)c1)c1cnccn1. The fraction of sp³-hybridized carbons (Fsp3) is 0.333. The molecule has 100 valence electrons. The summed E-state index contributed by atoms with van der Waals surface area (Å²) in [6.07, 6.45) is 6.01. The molecule has 1 atom stereocenters. The Bertz CT molecular complexity index is 528. The second kappa shape index (κ2) is 6.38. The van der Waals surface area contributed by atoms with Gasteiger partial charge in [0.05, 0.1) is 17.9 Å². The highest BCUT2D eigenvalue weighted by Gasteiger charge is 2.15. The maximum atomic E-state index is 13.7. The van der Waals surface area contributed by atoms with Crippen molar-refractivity contribution in [3.8, 4) is 0 Å². The van der Waals surface area contributed by atoms with Gasteiger partial charge in [-0.2, -0.15) is 0 Å². The minimum absolute atomic E-state index is 0.122.